The Balaban J connectivity index is 2.51. The van der Waals surface area contributed by atoms with Gasteiger partial charge in [0.05, 0.1) is 18.1 Å². The van der Waals surface area contributed by atoms with Gasteiger partial charge >= 0.3 is 0 Å². The van der Waals surface area contributed by atoms with Crippen molar-refractivity contribution in [3.63, 3.8) is 0 Å². The lowest BCUT2D eigenvalue weighted by Crippen LogP contribution is -2.12. The minimum absolute atomic E-state index is 0.120. The van der Waals surface area contributed by atoms with Crippen molar-refractivity contribution in [2.75, 3.05) is 5.32 Å². The van der Waals surface area contributed by atoms with Gasteiger partial charge in [0, 0.05) is 6.20 Å². The first-order chi connectivity index (χ1) is 5.77. The average molecular weight is 162 g/mol. The van der Waals surface area contributed by atoms with Crippen LogP contribution in [-0.4, -0.2) is 16.3 Å². The molecule has 12 heavy (non-hydrogen) atoms. The van der Waals surface area contributed by atoms with Gasteiger partial charge in [-0.1, -0.05) is 0 Å². The molecule has 1 N–H and O–H groups in total. The van der Waals surface area contributed by atoms with Gasteiger partial charge in [-0.25, -0.2) is 4.98 Å². The zero-order valence-electron chi connectivity index (χ0n) is 7.07. The molecule has 1 aromatic rings. The molecule has 0 spiro atoms. The van der Waals surface area contributed by atoms with Crippen LogP contribution in [0.3, 0.4) is 0 Å². The molecule has 2 rings (SSSR count). The van der Waals surface area contributed by atoms with E-state index < -0.39 is 0 Å². The Morgan fingerprint density at radius 2 is 2.33 bits per heavy atom. The molecular formula is C8H10N4. The molecule has 0 saturated heterocycles. The lowest BCUT2D eigenvalue weighted by atomic mass is 10.2. The minimum Gasteiger partial charge on any atom is -0.330 e. The van der Waals surface area contributed by atoms with Crippen molar-refractivity contribution in [3.8, 4) is 0 Å². The highest BCUT2D eigenvalue weighted by Crippen LogP contribution is 2.23. The Morgan fingerprint density at radius 1 is 1.50 bits per heavy atom. The highest BCUT2D eigenvalue weighted by molar-refractivity contribution is 5.77. The third kappa shape index (κ3) is 1.05. The second kappa shape index (κ2) is 2.55. The molecule has 4 heteroatoms. The van der Waals surface area contributed by atoms with Gasteiger partial charge in [0.25, 0.3) is 0 Å². The van der Waals surface area contributed by atoms with E-state index in [9.17, 15) is 0 Å². The predicted molar refractivity (Wildman–Crippen MR) is 47.3 cm³/mol. The molecule has 4 nitrogen and oxygen atoms in total. The summed E-state index contributed by atoms with van der Waals surface area (Å²) in [4.78, 5) is 12.7. The smallest absolute Gasteiger partial charge is 0.155 e. The molecular weight excluding hydrogens is 152 g/mol. The zero-order valence-corrected chi connectivity index (χ0v) is 7.07. The molecule has 62 valence electrons. The van der Waals surface area contributed by atoms with Crippen molar-refractivity contribution in [2.24, 2.45) is 4.99 Å². The molecule has 1 aliphatic heterocycles. The van der Waals surface area contributed by atoms with Crippen LogP contribution in [0, 0.1) is 6.92 Å². The van der Waals surface area contributed by atoms with Crippen LogP contribution in [0.1, 0.15) is 24.4 Å². The van der Waals surface area contributed by atoms with Gasteiger partial charge in [0.15, 0.2) is 5.82 Å². The van der Waals surface area contributed by atoms with E-state index >= 15 is 0 Å². The van der Waals surface area contributed by atoms with E-state index in [-0.39, 0.29) is 6.04 Å². The summed E-state index contributed by atoms with van der Waals surface area (Å²) in [5, 5.41) is 2.97. The van der Waals surface area contributed by atoms with Crippen molar-refractivity contribution in [3.05, 3.63) is 17.6 Å². The van der Waals surface area contributed by atoms with Crippen LogP contribution >= 0.6 is 0 Å². The summed E-state index contributed by atoms with van der Waals surface area (Å²) >= 11 is 0. The van der Waals surface area contributed by atoms with Crippen LogP contribution in [0.5, 0.6) is 0 Å². The van der Waals surface area contributed by atoms with E-state index in [1.54, 1.807) is 12.5 Å². The molecule has 0 aromatic carbocycles. The number of aryl methyl sites for hydroxylation is 1. The van der Waals surface area contributed by atoms with Gasteiger partial charge in [-0.15, -0.1) is 0 Å². The van der Waals surface area contributed by atoms with E-state index in [1.165, 1.54) is 0 Å². The molecule has 0 bridgehead atoms. The maximum absolute atomic E-state index is 4.30. The number of nitrogens with zero attached hydrogens (tertiary/aromatic N) is 3. The third-order valence-electron chi connectivity index (χ3n) is 1.82. The summed E-state index contributed by atoms with van der Waals surface area (Å²) in [5.41, 5.74) is 1.84. The number of fused-ring (bicyclic) bond motifs is 1. The van der Waals surface area contributed by atoms with Crippen LogP contribution < -0.4 is 5.32 Å². The second-order valence-corrected chi connectivity index (χ2v) is 2.84. The van der Waals surface area contributed by atoms with E-state index in [4.69, 9.17) is 0 Å². The Morgan fingerprint density at radius 3 is 3.17 bits per heavy atom. The maximum atomic E-state index is 4.30. The molecule has 0 aliphatic carbocycles. The van der Waals surface area contributed by atoms with Gasteiger partial charge in [-0.3, -0.25) is 9.98 Å². The summed E-state index contributed by atoms with van der Waals surface area (Å²) < 4.78 is 0. The summed E-state index contributed by atoms with van der Waals surface area (Å²) in [5.74, 6) is 0.831. The minimum atomic E-state index is 0.120. The molecule has 1 aliphatic rings. The Kier molecular flexibility index (Phi) is 1.53. The normalized spacial score (nSPS) is 20.0. The van der Waals surface area contributed by atoms with Gasteiger partial charge in [0.2, 0.25) is 0 Å². The van der Waals surface area contributed by atoms with Crippen molar-refractivity contribution in [1.82, 2.24) is 9.97 Å². The summed E-state index contributed by atoms with van der Waals surface area (Å²) in [6.07, 6.45) is 3.43. The summed E-state index contributed by atoms with van der Waals surface area (Å²) in [6, 6.07) is 0.120. The first kappa shape index (κ1) is 7.21. The third-order valence-corrected chi connectivity index (χ3v) is 1.82. The van der Waals surface area contributed by atoms with Gasteiger partial charge in [-0.05, 0) is 13.8 Å². The Hall–Kier alpha value is -1.45. The monoisotopic (exact) mass is 162 g/mol. The number of hydrogen-bond acceptors (Lipinski definition) is 4. The number of rotatable bonds is 0. The Labute approximate surface area is 70.8 Å². The first-order valence-corrected chi connectivity index (χ1v) is 3.89. The SMILES string of the molecule is Cc1cnc2c(n1)NC=NC2C. The fourth-order valence-electron chi connectivity index (χ4n) is 1.18. The molecule has 1 aromatic heterocycles. The first-order valence-electron chi connectivity index (χ1n) is 3.89. The zero-order chi connectivity index (χ0) is 8.55. The second-order valence-electron chi connectivity index (χ2n) is 2.84. The van der Waals surface area contributed by atoms with Crippen LogP contribution in [0.4, 0.5) is 5.82 Å². The Bertz CT molecular complexity index is 332. The standard InChI is InChI=1S/C8H10N4/c1-5-3-9-7-6(2)10-4-11-8(7)12-5/h3-4,6H,1-2H3,(H,10,11,12). The summed E-state index contributed by atoms with van der Waals surface area (Å²) in [7, 11) is 0. The van der Waals surface area contributed by atoms with Crippen molar-refractivity contribution in [2.45, 2.75) is 19.9 Å². The molecule has 2 heterocycles. The average Bonchev–Trinajstić information content (AvgIpc) is 2.04. The van der Waals surface area contributed by atoms with Crippen molar-refractivity contribution < 1.29 is 0 Å². The summed E-state index contributed by atoms with van der Waals surface area (Å²) in [6.45, 7) is 3.92. The van der Waals surface area contributed by atoms with Crippen LogP contribution in [0.2, 0.25) is 0 Å². The highest BCUT2D eigenvalue weighted by Gasteiger charge is 2.14. The maximum Gasteiger partial charge on any atom is 0.155 e. The van der Waals surface area contributed by atoms with Gasteiger partial charge in [0.1, 0.15) is 5.69 Å². The van der Waals surface area contributed by atoms with Gasteiger partial charge in [-0.2, -0.15) is 0 Å². The van der Waals surface area contributed by atoms with Crippen molar-refractivity contribution >= 4 is 12.2 Å². The fraction of sp³-hybridized carbons (Fsp3) is 0.375. The lowest BCUT2D eigenvalue weighted by Gasteiger charge is -2.15. The predicted octanol–water partition coefficient (Wildman–Crippen LogP) is 1.30. The number of aromatic nitrogens is 2. The molecule has 0 saturated carbocycles. The van der Waals surface area contributed by atoms with Crippen molar-refractivity contribution in [1.29, 1.82) is 0 Å². The van der Waals surface area contributed by atoms with Crippen LogP contribution in [0.25, 0.3) is 0 Å². The quantitative estimate of drug-likeness (QED) is 0.625. The fourth-order valence-corrected chi connectivity index (χ4v) is 1.18. The van der Waals surface area contributed by atoms with E-state index in [0.717, 1.165) is 17.2 Å². The van der Waals surface area contributed by atoms with E-state index in [1.807, 2.05) is 13.8 Å². The molecule has 1 atom stereocenters. The van der Waals surface area contributed by atoms with E-state index in [0.29, 0.717) is 0 Å². The molecule has 0 radical (unpaired) electrons. The topological polar surface area (TPSA) is 50.2 Å². The lowest BCUT2D eigenvalue weighted by molar-refractivity contribution is 0.769. The molecule has 0 fully saturated rings. The number of aliphatic imine (C=N–C) groups is 1. The van der Waals surface area contributed by atoms with Crippen LogP contribution in [-0.2, 0) is 0 Å². The number of anilines is 1. The van der Waals surface area contributed by atoms with E-state index in [2.05, 4.69) is 20.3 Å². The van der Waals surface area contributed by atoms with Crippen LogP contribution in [0.15, 0.2) is 11.2 Å². The molecule has 0 amide bonds. The molecule has 1 unspecified atom stereocenters. The highest BCUT2D eigenvalue weighted by atomic mass is 15.1. The number of hydrogen-bond donors (Lipinski definition) is 1. The largest absolute Gasteiger partial charge is 0.330 e. The van der Waals surface area contributed by atoms with Gasteiger partial charge < -0.3 is 5.32 Å². The number of nitrogens with one attached hydrogen (secondary N) is 1.